The normalized spacial score (nSPS) is 20.5. The average molecular weight is 515 g/mol. The minimum Gasteiger partial charge on any atom is -0.493 e. The Labute approximate surface area is 213 Å². The number of ether oxygens (including phenoxy) is 2. The van der Waals surface area contributed by atoms with Gasteiger partial charge in [0.2, 0.25) is 5.91 Å². The number of carbonyl (C=O) groups excluding carboxylic acids is 2. The summed E-state index contributed by atoms with van der Waals surface area (Å²) in [6.45, 7) is 3.28. The van der Waals surface area contributed by atoms with Gasteiger partial charge < -0.3 is 23.7 Å². The average Bonchev–Trinajstić information content (AvgIpc) is 3.32. The van der Waals surface area contributed by atoms with Crippen molar-refractivity contribution in [3.05, 3.63) is 65.1 Å². The lowest BCUT2D eigenvalue weighted by Gasteiger charge is -2.43. The van der Waals surface area contributed by atoms with Gasteiger partial charge in [0.25, 0.3) is 5.91 Å². The molecule has 2 aliphatic rings. The van der Waals surface area contributed by atoms with E-state index in [1.165, 1.54) is 12.1 Å². The third-order valence-corrected chi connectivity index (χ3v) is 7.12. The molecule has 2 saturated heterocycles. The van der Waals surface area contributed by atoms with Crippen molar-refractivity contribution < 1.29 is 27.9 Å². The van der Waals surface area contributed by atoms with Gasteiger partial charge in [-0.1, -0.05) is 11.6 Å². The summed E-state index contributed by atoms with van der Waals surface area (Å²) in [5.41, 5.74) is 0.000619. The molecule has 9 heteroatoms. The maximum atomic E-state index is 13.4. The maximum absolute atomic E-state index is 13.4. The molecule has 2 aromatic carbocycles. The lowest BCUT2D eigenvalue weighted by Crippen LogP contribution is -2.52. The Kier molecular flexibility index (Phi) is 7.16. The molecule has 0 radical (unpaired) electrons. The van der Waals surface area contributed by atoms with E-state index in [-0.39, 0.29) is 36.4 Å². The second kappa shape index (κ2) is 10.5. The molecule has 3 aromatic rings. The smallest absolute Gasteiger partial charge is 0.289 e. The van der Waals surface area contributed by atoms with Crippen LogP contribution in [0.3, 0.4) is 0 Å². The largest absolute Gasteiger partial charge is 0.493 e. The number of likely N-dealkylation sites (tertiary alicyclic amines) is 1. The number of piperidine rings is 1. The van der Waals surface area contributed by atoms with Crippen LogP contribution in [0.15, 0.2) is 52.9 Å². The van der Waals surface area contributed by atoms with Gasteiger partial charge in [-0.05, 0) is 61.4 Å². The van der Waals surface area contributed by atoms with Crippen LogP contribution in [0.5, 0.6) is 5.75 Å². The number of carbonyl (C=O) groups is 2. The van der Waals surface area contributed by atoms with E-state index in [2.05, 4.69) is 0 Å². The van der Waals surface area contributed by atoms with E-state index in [9.17, 15) is 14.0 Å². The number of hydrogen-bond donors (Lipinski definition) is 0. The van der Waals surface area contributed by atoms with Gasteiger partial charge in [0.15, 0.2) is 5.76 Å². The number of hydrogen-bond acceptors (Lipinski definition) is 5. The van der Waals surface area contributed by atoms with Gasteiger partial charge >= 0.3 is 0 Å². The van der Waals surface area contributed by atoms with Gasteiger partial charge in [-0.3, -0.25) is 9.59 Å². The van der Waals surface area contributed by atoms with Crippen LogP contribution >= 0.6 is 11.6 Å². The molecule has 190 valence electrons. The Morgan fingerprint density at radius 1 is 1.03 bits per heavy atom. The molecule has 5 rings (SSSR count). The summed E-state index contributed by atoms with van der Waals surface area (Å²) in [5.74, 6) is 0.205. The van der Waals surface area contributed by atoms with Crippen LogP contribution in [0.2, 0.25) is 5.02 Å². The maximum Gasteiger partial charge on any atom is 0.289 e. The second-order valence-electron chi connectivity index (χ2n) is 9.54. The lowest BCUT2D eigenvalue weighted by atomic mass is 9.77. The highest BCUT2D eigenvalue weighted by Gasteiger charge is 2.41. The van der Waals surface area contributed by atoms with Gasteiger partial charge in [-0.2, -0.15) is 0 Å². The zero-order valence-electron chi connectivity index (χ0n) is 19.9. The number of nitrogens with zero attached hydrogens (tertiary/aromatic N) is 2. The molecule has 0 aliphatic carbocycles. The fraction of sp³-hybridized carbons (Fsp3) is 0.407. The first kappa shape index (κ1) is 24.6. The van der Waals surface area contributed by atoms with Crippen molar-refractivity contribution in [2.75, 3.05) is 46.0 Å². The minimum absolute atomic E-state index is 0.0219. The fourth-order valence-electron chi connectivity index (χ4n) is 4.98. The van der Waals surface area contributed by atoms with E-state index >= 15 is 0 Å². The van der Waals surface area contributed by atoms with E-state index in [4.69, 9.17) is 25.5 Å². The summed E-state index contributed by atoms with van der Waals surface area (Å²) in [6, 6.07) is 12.7. The minimum atomic E-state index is -0.590. The number of fused-ring (bicyclic) bond motifs is 1. The Bertz CT molecular complexity index is 1240. The fourth-order valence-corrected chi connectivity index (χ4v) is 5.16. The Balaban J connectivity index is 1.36. The van der Waals surface area contributed by atoms with Crippen LogP contribution in [-0.4, -0.2) is 67.6 Å². The van der Waals surface area contributed by atoms with Gasteiger partial charge in [0, 0.05) is 48.4 Å². The van der Waals surface area contributed by atoms with Crippen molar-refractivity contribution >= 4 is 34.4 Å². The molecule has 1 atom stereocenters. The molecule has 0 N–H and O–H groups in total. The van der Waals surface area contributed by atoms with Crippen LogP contribution in [0, 0.1) is 11.2 Å². The first-order valence-electron chi connectivity index (χ1n) is 12.1. The van der Waals surface area contributed by atoms with Gasteiger partial charge in [-0.25, -0.2) is 4.39 Å². The lowest BCUT2D eigenvalue weighted by molar-refractivity contribution is -0.139. The highest BCUT2D eigenvalue weighted by atomic mass is 35.5. The first-order chi connectivity index (χ1) is 17.4. The highest BCUT2D eigenvalue weighted by Crippen LogP contribution is 2.36. The van der Waals surface area contributed by atoms with Gasteiger partial charge in [0.1, 0.15) is 17.1 Å². The highest BCUT2D eigenvalue weighted by molar-refractivity contribution is 6.31. The van der Waals surface area contributed by atoms with E-state index in [1.807, 2.05) is 4.90 Å². The molecule has 1 aromatic heterocycles. The van der Waals surface area contributed by atoms with Crippen LogP contribution in [0.4, 0.5) is 4.39 Å². The van der Waals surface area contributed by atoms with Crippen molar-refractivity contribution in [2.45, 2.75) is 19.3 Å². The quantitative estimate of drug-likeness (QED) is 0.473. The molecular weight excluding hydrogens is 487 g/mol. The number of halogens is 2. The second-order valence-corrected chi connectivity index (χ2v) is 9.97. The molecular formula is C27H28ClFN2O5. The summed E-state index contributed by atoms with van der Waals surface area (Å²) >= 11 is 6.08. The van der Waals surface area contributed by atoms with Crippen molar-refractivity contribution in [3.8, 4) is 5.75 Å². The Morgan fingerprint density at radius 3 is 2.58 bits per heavy atom. The number of rotatable bonds is 6. The van der Waals surface area contributed by atoms with Crippen LogP contribution in [-0.2, 0) is 9.53 Å². The van der Waals surface area contributed by atoms with Gasteiger partial charge in [-0.15, -0.1) is 0 Å². The third-order valence-electron chi connectivity index (χ3n) is 6.89. The van der Waals surface area contributed by atoms with Crippen LogP contribution in [0.25, 0.3) is 11.0 Å². The number of morpholine rings is 1. The summed E-state index contributed by atoms with van der Waals surface area (Å²) in [4.78, 5) is 30.3. The van der Waals surface area contributed by atoms with E-state index in [0.717, 1.165) is 18.2 Å². The summed E-state index contributed by atoms with van der Waals surface area (Å²) in [7, 11) is 0. The summed E-state index contributed by atoms with van der Waals surface area (Å²) in [6.07, 6.45) is 1.69. The summed E-state index contributed by atoms with van der Waals surface area (Å²) < 4.78 is 30.6. The Hall–Kier alpha value is -3.10. The van der Waals surface area contributed by atoms with Crippen LogP contribution in [0.1, 0.15) is 29.8 Å². The van der Waals surface area contributed by atoms with Crippen molar-refractivity contribution in [1.82, 2.24) is 9.80 Å². The molecule has 2 aliphatic heterocycles. The van der Waals surface area contributed by atoms with Crippen molar-refractivity contribution in [2.24, 2.45) is 5.41 Å². The zero-order chi connectivity index (χ0) is 25.1. The first-order valence-corrected chi connectivity index (χ1v) is 12.5. The SMILES string of the molecule is O=C(CC1(COc2ccc(F)cc2)CCCN(C(=O)c2cc3cc(Cl)ccc3o2)C1)N1CCOCC1. The third kappa shape index (κ3) is 5.50. The summed E-state index contributed by atoms with van der Waals surface area (Å²) in [5, 5.41) is 1.33. The van der Waals surface area contributed by atoms with Gasteiger partial charge in [0.05, 0.1) is 19.8 Å². The number of benzene rings is 2. The number of amides is 2. The molecule has 2 amide bonds. The molecule has 36 heavy (non-hydrogen) atoms. The molecule has 0 spiro atoms. The van der Waals surface area contributed by atoms with Crippen molar-refractivity contribution in [1.29, 1.82) is 0 Å². The molecule has 0 bridgehead atoms. The molecule has 1 unspecified atom stereocenters. The molecule has 2 fully saturated rings. The predicted molar refractivity (Wildman–Crippen MR) is 133 cm³/mol. The predicted octanol–water partition coefficient (Wildman–Crippen LogP) is 4.78. The van der Waals surface area contributed by atoms with E-state index in [1.54, 1.807) is 41.3 Å². The van der Waals surface area contributed by atoms with Crippen molar-refractivity contribution in [3.63, 3.8) is 0 Å². The standard InChI is InChI=1S/C27H28ClFN2O5/c28-20-2-7-23-19(14-20)15-24(36-23)26(33)31-9-1-8-27(17-31,16-25(32)30-10-12-34-13-11-30)18-35-22-5-3-21(29)4-6-22/h2-7,14-15H,1,8-13,16-18H2. The van der Waals surface area contributed by atoms with E-state index in [0.29, 0.717) is 55.7 Å². The molecule has 3 heterocycles. The topological polar surface area (TPSA) is 72.2 Å². The van der Waals surface area contributed by atoms with Crippen LogP contribution < -0.4 is 4.74 Å². The molecule has 7 nitrogen and oxygen atoms in total. The molecule has 0 saturated carbocycles. The monoisotopic (exact) mass is 514 g/mol. The number of furan rings is 1. The van der Waals surface area contributed by atoms with E-state index < -0.39 is 5.41 Å². The zero-order valence-corrected chi connectivity index (χ0v) is 20.6. The Morgan fingerprint density at radius 2 is 1.81 bits per heavy atom.